The largest absolute Gasteiger partial charge is 0.295 e. The van der Waals surface area contributed by atoms with Gasteiger partial charge in [-0.25, -0.2) is 0 Å². The summed E-state index contributed by atoms with van der Waals surface area (Å²) in [4.78, 5) is 11.3. The maximum atomic E-state index is 11.3. The minimum absolute atomic E-state index is 0.136. The molecular formula is C12H16O. The second-order valence-electron chi connectivity index (χ2n) is 4.39. The molecule has 0 fully saturated rings. The van der Waals surface area contributed by atoms with Crippen molar-refractivity contribution in [1.82, 2.24) is 0 Å². The molecule has 0 aromatic heterocycles. The van der Waals surface area contributed by atoms with E-state index in [4.69, 9.17) is 0 Å². The Hall–Kier alpha value is -1.03. The standard InChI is InChI=1S/C12H16O/c1-4-5-6-10-7-11(13)9-12(2,3)8-10/h7H,6,8-9H2,1-3H3. The second-order valence-corrected chi connectivity index (χ2v) is 4.39. The van der Waals surface area contributed by atoms with Crippen LogP contribution >= 0.6 is 0 Å². The van der Waals surface area contributed by atoms with Crippen molar-refractivity contribution in [2.24, 2.45) is 5.41 Å². The molecule has 0 amide bonds. The van der Waals surface area contributed by atoms with Gasteiger partial charge in [-0.3, -0.25) is 4.79 Å². The zero-order valence-corrected chi connectivity index (χ0v) is 8.61. The van der Waals surface area contributed by atoms with E-state index in [1.165, 1.54) is 5.57 Å². The van der Waals surface area contributed by atoms with Gasteiger partial charge in [0.2, 0.25) is 0 Å². The molecule has 0 N–H and O–H groups in total. The van der Waals surface area contributed by atoms with E-state index >= 15 is 0 Å². The van der Waals surface area contributed by atoms with Gasteiger partial charge >= 0.3 is 0 Å². The molecule has 0 heterocycles. The van der Waals surface area contributed by atoms with Gasteiger partial charge in [-0.1, -0.05) is 25.3 Å². The van der Waals surface area contributed by atoms with Crippen molar-refractivity contribution < 1.29 is 4.79 Å². The normalized spacial score (nSPS) is 20.2. The maximum Gasteiger partial charge on any atom is 0.156 e. The zero-order valence-electron chi connectivity index (χ0n) is 8.61. The van der Waals surface area contributed by atoms with Crippen LogP contribution in [-0.2, 0) is 4.79 Å². The summed E-state index contributed by atoms with van der Waals surface area (Å²) in [6.07, 6.45) is 4.21. The third kappa shape index (κ3) is 3.06. The summed E-state index contributed by atoms with van der Waals surface area (Å²) < 4.78 is 0. The smallest absolute Gasteiger partial charge is 0.156 e. The molecule has 13 heavy (non-hydrogen) atoms. The Bertz CT molecular complexity index is 297. The average molecular weight is 176 g/mol. The van der Waals surface area contributed by atoms with Crippen molar-refractivity contribution >= 4 is 5.78 Å². The Kier molecular flexibility index (Phi) is 2.93. The number of ketones is 1. The highest BCUT2D eigenvalue weighted by molar-refractivity contribution is 5.91. The first-order valence-corrected chi connectivity index (χ1v) is 4.65. The van der Waals surface area contributed by atoms with Gasteiger partial charge in [-0.15, -0.1) is 5.92 Å². The molecule has 0 aromatic carbocycles. The fourth-order valence-electron chi connectivity index (χ4n) is 1.79. The summed E-state index contributed by atoms with van der Waals surface area (Å²) in [6.45, 7) is 6.10. The van der Waals surface area contributed by atoms with Crippen LogP contribution in [0.3, 0.4) is 0 Å². The van der Waals surface area contributed by atoms with Crippen LogP contribution in [-0.4, -0.2) is 5.78 Å². The second kappa shape index (κ2) is 3.79. The van der Waals surface area contributed by atoms with Crippen LogP contribution in [0.5, 0.6) is 0 Å². The van der Waals surface area contributed by atoms with Crippen molar-refractivity contribution in [3.8, 4) is 11.8 Å². The summed E-state index contributed by atoms with van der Waals surface area (Å²) in [5, 5.41) is 0. The number of rotatable bonds is 1. The van der Waals surface area contributed by atoms with Crippen LogP contribution in [0.1, 0.15) is 40.0 Å². The first kappa shape index (κ1) is 10.1. The molecule has 1 aliphatic rings. The fraction of sp³-hybridized carbons (Fsp3) is 0.583. The molecule has 1 nitrogen and oxygen atoms in total. The van der Waals surface area contributed by atoms with E-state index in [1.54, 1.807) is 6.08 Å². The van der Waals surface area contributed by atoms with E-state index in [1.807, 2.05) is 6.92 Å². The summed E-state index contributed by atoms with van der Waals surface area (Å²) in [6, 6.07) is 0. The molecule has 1 heteroatoms. The first-order valence-electron chi connectivity index (χ1n) is 4.65. The Morgan fingerprint density at radius 2 is 2.15 bits per heavy atom. The maximum absolute atomic E-state index is 11.3. The molecule has 0 aliphatic heterocycles. The van der Waals surface area contributed by atoms with E-state index in [0.29, 0.717) is 6.42 Å². The first-order chi connectivity index (χ1) is 6.03. The van der Waals surface area contributed by atoms with Crippen molar-refractivity contribution in [2.75, 3.05) is 0 Å². The zero-order chi connectivity index (χ0) is 9.90. The lowest BCUT2D eigenvalue weighted by Crippen LogP contribution is -2.21. The topological polar surface area (TPSA) is 17.1 Å². The van der Waals surface area contributed by atoms with Gasteiger partial charge in [0.25, 0.3) is 0 Å². The lowest BCUT2D eigenvalue weighted by molar-refractivity contribution is -0.117. The molecule has 0 aromatic rings. The van der Waals surface area contributed by atoms with E-state index < -0.39 is 0 Å². The summed E-state index contributed by atoms with van der Waals surface area (Å²) >= 11 is 0. The van der Waals surface area contributed by atoms with Crippen LogP contribution in [0.15, 0.2) is 11.6 Å². The molecule has 0 unspecified atom stereocenters. The lowest BCUT2D eigenvalue weighted by Gasteiger charge is -2.28. The van der Waals surface area contributed by atoms with E-state index in [0.717, 1.165) is 12.8 Å². The highest BCUT2D eigenvalue weighted by Gasteiger charge is 2.26. The van der Waals surface area contributed by atoms with Crippen LogP contribution < -0.4 is 0 Å². The van der Waals surface area contributed by atoms with Gasteiger partial charge in [-0.05, 0) is 24.8 Å². The van der Waals surface area contributed by atoms with Crippen molar-refractivity contribution in [1.29, 1.82) is 0 Å². The molecule has 0 saturated heterocycles. The third-order valence-corrected chi connectivity index (χ3v) is 2.22. The van der Waals surface area contributed by atoms with Crippen LogP contribution in [0.2, 0.25) is 0 Å². The number of hydrogen-bond acceptors (Lipinski definition) is 1. The summed E-state index contributed by atoms with van der Waals surface area (Å²) in [5.41, 5.74) is 1.33. The molecule has 70 valence electrons. The highest BCUT2D eigenvalue weighted by Crippen LogP contribution is 2.34. The number of hydrogen-bond donors (Lipinski definition) is 0. The van der Waals surface area contributed by atoms with E-state index in [2.05, 4.69) is 25.7 Å². The van der Waals surface area contributed by atoms with Crippen LogP contribution in [0, 0.1) is 17.3 Å². The molecule has 0 saturated carbocycles. The van der Waals surface area contributed by atoms with Crippen molar-refractivity contribution in [2.45, 2.75) is 40.0 Å². The molecule has 0 radical (unpaired) electrons. The van der Waals surface area contributed by atoms with Gasteiger partial charge in [0.05, 0.1) is 0 Å². The number of carbonyl (C=O) groups is 1. The van der Waals surface area contributed by atoms with Crippen LogP contribution in [0.25, 0.3) is 0 Å². The summed E-state index contributed by atoms with van der Waals surface area (Å²) in [7, 11) is 0. The molecule has 0 bridgehead atoms. The Morgan fingerprint density at radius 1 is 1.46 bits per heavy atom. The van der Waals surface area contributed by atoms with Crippen LogP contribution in [0.4, 0.5) is 0 Å². The van der Waals surface area contributed by atoms with Gasteiger partial charge in [0.15, 0.2) is 5.78 Å². The monoisotopic (exact) mass is 176 g/mol. The van der Waals surface area contributed by atoms with E-state index in [-0.39, 0.29) is 11.2 Å². The van der Waals surface area contributed by atoms with Gasteiger partial charge in [0, 0.05) is 12.8 Å². The molecule has 1 rings (SSSR count). The fourth-order valence-corrected chi connectivity index (χ4v) is 1.79. The molecule has 1 aliphatic carbocycles. The minimum atomic E-state index is 0.136. The Balaban J connectivity index is 2.73. The van der Waals surface area contributed by atoms with Gasteiger partial charge < -0.3 is 0 Å². The number of carbonyl (C=O) groups excluding carboxylic acids is 1. The molecule has 0 spiro atoms. The molecule has 0 atom stereocenters. The average Bonchev–Trinajstić information content (AvgIpc) is 1.97. The van der Waals surface area contributed by atoms with E-state index in [9.17, 15) is 4.79 Å². The Labute approximate surface area is 80.2 Å². The van der Waals surface area contributed by atoms with Crippen molar-refractivity contribution in [3.63, 3.8) is 0 Å². The lowest BCUT2D eigenvalue weighted by atomic mass is 9.76. The Morgan fingerprint density at radius 3 is 2.69 bits per heavy atom. The van der Waals surface area contributed by atoms with Gasteiger partial charge in [-0.2, -0.15) is 0 Å². The predicted octanol–water partition coefficient (Wildman–Crippen LogP) is 2.72. The van der Waals surface area contributed by atoms with Crippen molar-refractivity contribution in [3.05, 3.63) is 11.6 Å². The highest BCUT2D eigenvalue weighted by atomic mass is 16.1. The SMILES string of the molecule is CC#CCC1=CC(=O)CC(C)(C)C1. The quantitative estimate of drug-likeness (QED) is 0.561. The number of allylic oxidation sites excluding steroid dienone is 2. The predicted molar refractivity (Wildman–Crippen MR) is 54.2 cm³/mol. The minimum Gasteiger partial charge on any atom is -0.295 e. The summed E-state index contributed by atoms with van der Waals surface area (Å²) in [5.74, 6) is 6.11. The third-order valence-electron chi connectivity index (χ3n) is 2.22. The molecular weight excluding hydrogens is 160 g/mol. The van der Waals surface area contributed by atoms with Gasteiger partial charge in [0.1, 0.15) is 0 Å².